The average Bonchev–Trinajstić information content (AvgIpc) is 3.08. The number of aryl methyl sites for hydroxylation is 1. The second kappa shape index (κ2) is 7.60. The first-order valence-electron chi connectivity index (χ1n) is 10.5. The number of hydrogen-bond donors (Lipinski definition) is 1. The summed E-state index contributed by atoms with van der Waals surface area (Å²) in [6.07, 6.45) is 3.33. The molecule has 0 atom stereocenters. The lowest BCUT2D eigenvalue weighted by atomic mass is 9.93. The lowest BCUT2D eigenvalue weighted by molar-refractivity contribution is -0.146. The second-order valence-corrected chi connectivity index (χ2v) is 8.70. The summed E-state index contributed by atoms with van der Waals surface area (Å²) in [7, 11) is 0. The maximum Gasteiger partial charge on any atom is 0.225 e. The van der Waals surface area contributed by atoms with E-state index >= 15 is 0 Å². The number of anilines is 1. The first kappa shape index (κ1) is 19.4. The van der Waals surface area contributed by atoms with E-state index in [1.54, 1.807) is 4.90 Å². The largest absolute Gasteiger partial charge is 0.389 e. The van der Waals surface area contributed by atoms with Crippen LogP contribution in [0.3, 0.4) is 0 Å². The molecular formula is C23H25ClN4O2. The van der Waals surface area contributed by atoms with E-state index in [4.69, 9.17) is 16.6 Å². The van der Waals surface area contributed by atoms with Gasteiger partial charge < -0.3 is 19.3 Å². The number of carbonyl (C=O) groups excluding carboxylic acids is 1. The molecule has 2 fully saturated rings. The Morgan fingerprint density at radius 1 is 1.17 bits per heavy atom. The van der Waals surface area contributed by atoms with Gasteiger partial charge in [-0.15, -0.1) is 0 Å². The quantitative estimate of drug-likeness (QED) is 0.700. The van der Waals surface area contributed by atoms with E-state index in [-0.39, 0.29) is 17.9 Å². The maximum atomic E-state index is 12.5. The molecule has 4 heterocycles. The lowest BCUT2D eigenvalue weighted by Gasteiger charge is -2.40. The molecule has 0 bridgehead atoms. The monoisotopic (exact) mass is 424 g/mol. The fraction of sp³-hybridized carbons (Fsp3) is 0.391. The SMILES string of the molecule is Cc1c(-c2cc(N3CCC(C(=O)N4CC(O)C4)CC3)ccc2Cl)nc2ccccn12. The fourth-order valence-electron chi connectivity index (χ4n) is 4.54. The Morgan fingerprint density at radius 2 is 1.93 bits per heavy atom. The summed E-state index contributed by atoms with van der Waals surface area (Å²) in [5.41, 5.74) is 4.90. The van der Waals surface area contributed by atoms with Crippen molar-refractivity contribution in [2.24, 2.45) is 5.92 Å². The van der Waals surface area contributed by atoms with Crippen LogP contribution in [0.4, 0.5) is 5.69 Å². The van der Waals surface area contributed by atoms with Crippen molar-refractivity contribution in [2.75, 3.05) is 31.1 Å². The van der Waals surface area contributed by atoms with Crippen molar-refractivity contribution in [3.63, 3.8) is 0 Å². The number of benzene rings is 1. The molecule has 30 heavy (non-hydrogen) atoms. The Bertz CT molecular complexity index is 1100. The Labute approximate surface area is 180 Å². The number of fused-ring (bicyclic) bond motifs is 1. The number of aliphatic hydroxyl groups excluding tert-OH is 1. The first-order chi connectivity index (χ1) is 14.5. The van der Waals surface area contributed by atoms with Gasteiger partial charge in [-0.3, -0.25) is 4.79 Å². The molecule has 1 amide bonds. The number of amides is 1. The molecule has 0 radical (unpaired) electrons. The molecular weight excluding hydrogens is 400 g/mol. The molecule has 1 aromatic carbocycles. The zero-order valence-corrected chi connectivity index (χ0v) is 17.7. The van der Waals surface area contributed by atoms with Gasteiger partial charge in [-0.1, -0.05) is 17.7 Å². The molecule has 2 aromatic heterocycles. The number of halogens is 1. The van der Waals surface area contributed by atoms with Crippen LogP contribution in [0, 0.1) is 12.8 Å². The summed E-state index contributed by atoms with van der Waals surface area (Å²) in [5, 5.41) is 10.1. The first-order valence-corrected chi connectivity index (χ1v) is 10.8. The third-order valence-corrected chi connectivity index (χ3v) is 6.69. The molecule has 7 heteroatoms. The average molecular weight is 425 g/mol. The molecule has 0 spiro atoms. The minimum Gasteiger partial charge on any atom is -0.389 e. The summed E-state index contributed by atoms with van der Waals surface area (Å²) < 4.78 is 2.07. The van der Waals surface area contributed by atoms with Crippen molar-refractivity contribution in [1.29, 1.82) is 0 Å². The zero-order valence-electron chi connectivity index (χ0n) is 17.0. The molecule has 6 nitrogen and oxygen atoms in total. The molecule has 2 aliphatic rings. The van der Waals surface area contributed by atoms with Gasteiger partial charge in [-0.2, -0.15) is 0 Å². The second-order valence-electron chi connectivity index (χ2n) is 8.30. The number of carbonyl (C=O) groups is 1. The third-order valence-electron chi connectivity index (χ3n) is 6.36. The minimum atomic E-state index is -0.343. The van der Waals surface area contributed by atoms with Crippen LogP contribution in [0.5, 0.6) is 0 Å². The van der Waals surface area contributed by atoms with Gasteiger partial charge in [0.2, 0.25) is 5.91 Å². The number of imidazole rings is 1. The molecule has 5 rings (SSSR count). The number of aliphatic hydroxyl groups is 1. The summed E-state index contributed by atoms with van der Waals surface area (Å²) in [6, 6.07) is 12.1. The van der Waals surface area contributed by atoms with E-state index in [0.717, 1.165) is 54.2 Å². The number of hydrogen-bond acceptors (Lipinski definition) is 4. The number of pyridine rings is 1. The number of likely N-dealkylation sites (tertiary alicyclic amines) is 1. The van der Waals surface area contributed by atoms with Crippen molar-refractivity contribution in [2.45, 2.75) is 25.9 Å². The number of piperidine rings is 1. The van der Waals surface area contributed by atoms with Crippen molar-refractivity contribution in [1.82, 2.24) is 14.3 Å². The molecule has 2 aliphatic heterocycles. The van der Waals surface area contributed by atoms with Gasteiger partial charge in [0, 0.05) is 55.2 Å². The van der Waals surface area contributed by atoms with Crippen LogP contribution in [0.2, 0.25) is 5.02 Å². The van der Waals surface area contributed by atoms with Crippen molar-refractivity contribution < 1.29 is 9.90 Å². The normalized spacial score (nSPS) is 18.1. The molecule has 0 saturated carbocycles. The van der Waals surface area contributed by atoms with Crippen LogP contribution in [0.1, 0.15) is 18.5 Å². The van der Waals surface area contributed by atoms with Gasteiger partial charge in [0.15, 0.2) is 0 Å². The smallest absolute Gasteiger partial charge is 0.225 e. The van der Waals surface area contributed by atoms with Gasteiger partial charge in [-0.25, -0.2) is 4.98 Å². The van der Waals surface area contributed by atoms with Crippen LogP contribution in [0.25, 0.3) is 16.9 Å². The Hall–Kier alpha value is -2.57. The number of nitrogens with zero attached hydrogens (tertiary/aromatic N) is 4. The highest BCUT2D eigenvalue weighted by Crippen LogP contribution is 2.35. The molecule has 3 aromatic rings. The zero-order chi connectivity index (χ0) is 20.8. The van der Waals surface area contributed by atoms with Crippen LogP contribution in [-0.4, -0.2) is 57.6 Å². The van der Waals surface area contributed by atoms with E-state index in [9.17, 15) is 9.90 Å². The lowest BCUT2D eigenvalue weighted by Crippen LogP contribution is -2.56. The number of β-amino-alcohol motifs (C(OH)–C–C–N with tert-alkyl or cyclic N) is 1. The molecule has 2 saturated heterocycles. The maximum absolute atomic E-state index is 12.5. The predicted octanol–water partition coefficient (Wildman–Crippen LogP) is 3.38. The molecule has 156 valence electrons. The summed E-state index contributed by atoms with van der Waals surface area (Å²) in [6.45, 7) is 4.69. The van der Waals surface area contributed by atoms with Gasteiger partial charge in [-0.05, 0) is 50.1 Å². The summed E-state index contributed by atoms with van der Waals surface area (Å²) >= 11 is 6.56. The highest BCUT2D eigenvalue weighted by atomic mass is 35.5. The molecule has 1 N–H and O–H groups in total. The highest BCUT2D eigenvalue weighted by molar-refractivity contribution is 6.33. The summed E-state index contributed by atoms with van der Waals surface area (Å²) in [5.74, 6) is 0.248. The van der Waals surface area contributed by atoms with E-state index in [2.05, 4.69) is 22.3 Å². The third kappa shape index (κ3) is 3.34. The van der Waals surface area contributed by atoms with E-state index in [0.29, 0.717) is 18.1 Å². The van der Waals surface area contributed by atoms with E-state index < -0.39 is 0 Å². The van der Waals surface area contributed by atoms with Crippen LogP contribution in [-0.2, 0) is 4.79 Å². The van der Waals surface area contributed by atoms with Gasteiger partial charge in [0.1, 0.15) is 5.65 Å². The topological polar surface area (TPSA) is 61.1 Å². The van der Waals surface area contributed by atoms with Crippen LogP contribution >= 0.6 is 11.6 Å². The predicted molar refractivity (Wildman–Crippen MR) is 118 cm³/mol. The van der Waals surface area contributed by atoms with Crippen molar-refractivity contribution in [3.05, 3.63) is 53.3 Å². The van der Waals surface area contributed by atoms with E-state index in [1.165, 1.54) is 0 Å². The van der Waals surface area contributed by atoms with E-state index in [1.807, 2.05) is 36.5 Å². The fourth-order valence-corrected chi connectivity index (χ4v) is 4.75. The highest BCUT2D eigenvalue weighted by Gasteiger charge is 2.35. The number of aromatic nitrogens is 2. The van der Waals surface area contributed by atoms with Crippen molar-refractivity contribution >= 4 is 28.8 Å². The van der Waals surface area contributed by atoms with Gasteiger partial charge >= 0.3 is 0 Å². The summed E-state index contributed by atoms with van der Waals surface area (Å²) in [4.78, 5) is 21.4. The van der Waals surface area contributed by atoms with Crippen LogP contribution in [0.15, 0.2) is 42.6 Å². The Balaban J connectivity index is 1.35. The standard InChI is InChI=1S/C23H25ClN4O2/c1-15-22(25-21-4-2-3-9-28(15)21)19-12-17(5-6-20(19)24)26-10-7-16(8-11-26)23(30)27-13-18(29)14-27/h2-6,9,12,16,18,29H,7-8,10-11,13-14H2,1H3. The molecule has 0 aliphatic carbocycles. The minimum absolute atomic E-state index is 0.0567. The van der Waals surface area contributed by atoms with Gasteiger partial charge in [0.25, 0.3) is 0 Å². The number of rotatable bonds is 3. The van der Waals surface area contributed by atoms with Crippen molar-refractivity contribution in [3.8, 4) is 11.3 Å². The molecule has 0 unspecified atom stereocenters. The van der Waals surface area contributed by atoms with Crippen LogP contribution < -0.4 is 4.90 Å². The Kier molecular flexibility index (Phi) is 4.91. The Morgan fingerprint density at radius 3 is 2.63 bits per heavy atom. The van der Waals surface area contributed by atoms with Gasteiger partial charge in [0.05, 0.1) is 16.8 Å².